The van der Waals surface area contributed by atoms with Gasteiger partial charge in [0.2, 0.25) is 0 Å². The Morgan fingerprint density at radius 1 is 1.54 bits per heavy atom. The van der Waals surface area contributed by atoms with Crippen LogP contribution in [0.4, 0.5) is 10.5 Å². The Bertz CT molecular complexity index is 696. The normalized spacial score (nSPS) is 17.8. The Morgan fingerprint density at radius 2 is 2.38 bits per heavy atom. The van der Waals surface area contributed by atoms with Crippen LogP contribution >= 0.6 is 11.3 Å². The molecular weight excluding hydrogens is 324 g/mol. The van der Waals surface area contributed by atoms with E-state index in [1.54, 1.807) is 20.9 Å². The fourth-order valence-corrected chi connectivity index (χ4v) is 3.59. The molecule has 1 aliphatic heterocycles. The standard InChI is InChI=1S/C16H24N6OS/c1-12-18-14(11-24-12)8-20(2)16(23)19-13-5-4-6-22(9-13)15-7-17-21(3)10-15/h7,10-11,13H,4-6,8-9H2,1-3H3,(H,19,23)/t13-/m1/s1. The lowest BCUT2D eigenvalue weighted by molar-refractivity contribution is 0.200. The smallest absolute Gasteiger partial charge is 0.317 e. The molecule has 0 unspecified atom stereocenters. The van der Waals surface area contributed by atoms with Crippen LogP contribution in [0, 0.1) is 6.92 Å². The Labute approximate surface area is 146 Å². The van der Waals surface area contributed by atoms with Crippen LogP contribution in [-0.4, -0.2) is 51.9 Å². The molecule has 0 bridgehead atoms. The number of urea groups is 1. The predicted octanol–water partition coefficient (Wildman–Crippen LogP) is 2.00. The van der Waals surface area contributed by atoms with Crippen LogP contribution in [0.1, 0.15) is 23.5 Å². The zero-order valence-corrected chi connectivity index (χ0v) is 15.2. The van der Waals surface area contributed by atoms with Crippen LogP contribution in [0.25, 0.3) is 0 Å². The zero-order valence-electron chi connectivity index (χ0n) is 14.4. The van der Waals surface area contributed by atoms with Gasteiger partial charge in [0.25, 0.3) is 0 Å². The molecule has 0 aromatic carbocycles. The summed E-state index contributed by atoms with van der Waals surface area (Å²) in [6, 6.07) is 0.116. The highest BCUT2D eigenvalue weighted by molar-refractivity contribution is 7.09. The van der Waals surface area contributed by atoms with Gasteiger partial charge in [-0.3, -0.25) is 4.68 Å². The predicted molar refractivity (Wildman–Crippen MR) is 95.3 cm³/mol. The van der Waals surface area contributed by atoms with Gasteiger partial charge in [0.05, 0.1) is 29.1 Å². The molecule has 2 aromatic rings. The number of aryl methyl sites for hydroxylation is 2. The van der Waals surface area contributed by atoms with Crippen molar-refractivity contribution in [3.8, 4) is 0 Å². The first-order valence-electron chi connectivity index (χ1n) is 8.17. The van der Waals surface area contributed by atoms with Gasteiger partial charge in [-0.25, -0.2) is 9.78 Å². The minimum atomic E-state index is -0.0429. The lowest BCUT2D eigenvalue weighted by Crippen LogP contribution is -2.50. The largest absolute Gasteiger partial charge is 0.367 e. The first kappa shape index (κ1) is 16.8. The van der Waals surface area contributed by atoms with Crippen molar-refractivity contribution in [2.24, 2.45) is 7.05 Å². The fourth-order valence-electron chi connectivity index (χ4n) is 2.98. The van der Waals surface area contributed by atoms with Crippen LogP contribution in [0.3, 0.4) is 0 Å². The summed E-state index contributed by atoms with van der Waals surface area (Å²) in [4.78, 5) is 20.8. The maximum atomic E-state index is 12.4. The molecule has 3 rings (SSSR count). The third kappa shape index (κ3) is 4.05. The molecule has 24 heavy (non-hydrogen) atoms. The fraction of sp³-hybridized carbons (Fsp3) is 0.562. The maximum absolute atomic E-state index is 12.4. The highest BCUT2D eigenvalue weighted by Gasteiger charge is 2.23. The number of rotatable bonds is 4. The number of hydrogen-bond acceptors (Lipinski definition) is 5. The van der Waals surface area contributed by atoms with Crippen LogP contribution in [0.5, 0.6) is 0 Å². The van der Waals surface area contributed by atoms with E-state index in [1.165, 1.54) is 0 Å². The molecule has 130 valence electrons. The van der Waals surface area contributed by atoms with E-state index in [1.807, 2.05) is 38.8 Å². The molecule has 2 amide bonds. The minimum absolute atomic E-state index is 0.0429. The molecule has 1 atom stereocenters. The second-order valence-corrected chi connectivity index (χ2v) is 7.38. The van der Waals surface area contributed by atoms with Gasteiger partial charge in [-0.05, 0) is 19.8 Å². The minimum Gasteiger partial charge on any atom is -0.367 e. The first-order valence-corrected chi connectivity index (χ1v) is 9.05. The van der Waals surface area contributed by atoms with Gasteiger partial charge in [-0.2, -0.15) is 5.10 Å². The number of nitrogens with zero attached hydrogens (tertiary/aromatic N) is 5. The number of aromatic nitrogens is 3. The van der Waals surface area contributed by atoms with Gasteiger partial charge in [0.1, 0.15) is 0 Å². The number of nitrogens with one attached hydrogen (secondary N) is 1. The molecule has 1 saturated heterocycles. The van der Waals surface area contributed by atoms with Crippen molar-refractivity contribution >= 4 is 23.1 Å². The Hall–Kier alpha value is -2.09. The summed E-state index contributed by atoms with van der Waals surface area (Å²) in [6.07, 6.45) is 5.96. The lowest BCUT2D eigenvalue weighted by Gasteiger charge is -2.34. The van der Waals surface area contributed by atoms with Crippen molar-refractivity contribution in [3.63, 3.8) is 0 Å². The number of amides is 2. The molecule has 0 aliphatic carbocycles. The maximum Gasteiger partial charge on any atom is 0.317 e. The van der Waals surface area contributed by atoms with Crippen molar-refractivity contribution in [1.82, 2.24) is 25.0 Å². The van der Waals surface area contributed by atoms with Crippen LogP contribution in [0.15, 0.2) is 17.8 Å². The molecule has 2 aromatic heterocycles. The van der Waals surface area contributed by atoms with E-state index in [0.29, 0.717) is 6.54 Å². The molecule has 1 N–H and O–H groups in total. The van der Waals surface area contributed by atoms with Gasteiger partial charge in [-0.1, -0.05) is 0 Å². The van der Waals surface area contributed by atoms with Crippen LogP contribution < -0.4 is 10.2 Å². The summed E-state index contributed by atoms with van der Waals surface area (Å²) in [5.41, 5.74) is 2.05. The third-order valence-electron chi connectivity index (χ3n) is 4.22. The number of piperidine rings is 1. The number of anilines is 1. The van der Waals surface area contributed by atoms with E-state index < -0.39 is 0 Å². The van der Waals surface area contributed by atoms with Gasteiger partial charge in [0, 0.05) is 44.8 Å². The molecule has 8 heteroatoms. The molecule has 0 spiro atoms. The van der Waals surface area contributed by atoms with Crippen molar-refractivity contribution in [2.45, 2.75) is 32.4 Å². The highest BCUT2D eigenvalue weighted by Crippen LogP contribution is 2.19. The first-order chi connectivity index (χ1) is 11.5. The summed E-state index contributed by atoms with van der Waals surface area (Å²) < 4.78 is 1.81. The van der Waals surface area contributed by atoms with E-state index >= 15 is 0 Å². The van der Waals surface area contributed by atoms with E-state index in [9.17, 15) is 4.79 Å². The quantitative estimate of drug-likeness (QED) is 0.918. The zero-order chi connectivity index (χ0) is 17.1. The lowest BCUT2D eigenvalue weighted by atomic mass is 10.1. The summed E-state index contributed by atoms with van der Waals surface area (Å²) in [5.74, 6) is 0. The number of carbonyl (C=O) groups is 1. The Kier molecular flexibility index (Phi) is 5.03. The molecule has 3 heterocycles. The van der Waals surface area contributed by atoms with Crippen LogP contribution in [-0.2, 0) is 13.6 Å². The second kappa shape index (κ2) is 7.21. The van der Waals surface area contributed by atoms with Gasteiger partial charge >= 0.3 is 6.03 Å². The van der Waals surface area contributed by atoms with E-state index in [2.05, 4.69) is 20.3 Å². The second-order valence-electron chi connectivity index (χ2n) is 6.32. The van der Waals surface area contributed by atoms with Crippen molar-refractivity contribution in [3.05, 3.63) is 28.5 Å². The number of hydrogen-bond donors (Lipinski definition) is 1. The molecule has 1 fully saturated rings. The van der Waals surface area contributed by atoms with E-state index in [4.69, 9.17) is 0 Å². The Balaban J connectivity index is 1.53. The van der Waals surface area contributed by atoms with Crippen LogP contribution in [0.2, 0.25) is 0 Å². The molecule has 1 aliphatic rings. The van der Waals surface area contributed by atoms with Crippen molar-refractivity contribution < 1.29 is 4.79 Å². The molecular formula is C16H24N6OS. The topological polar surface area (TPSA) is 66.3 Å². The molecule has 0 radical (unpaired) electrons. The van der Waals surface area contributed by atoms with Gasteiger partial charge in [0.15, 0.2) is 0 Å². The molecule has 0 saturated carbocycles. The SMILES string of the molecule is Cc1nc(CN(C)C(=O)N[C@@H]2CCCN(c3cnn(C)c3)C2)cs1. The Morgan fingerprint density at radius 3 is 3.04 bits per heavy atom. The monoisotopic (exact) mass is 348 g/mol. The summed E-state index contributed by atoms with van der Waals surface area (Å²) in [7, 11) is 3.73. The van der Waals surface area contributed by atoms with Crippen molar-refractivity contribution in [2.75, 3.05) is 25.0 Å². The van der Waals surface area contributed by atoms with E-state index in [-0.39, 0.29) is 12.1 Å². The molecule has 7 nitrogen and oxygen atoms in total. The van der Waals surface area contributed by atoms with Gasteiger partial charge in [-0.15, -0.1) is 11.3 Å². The summed E-state index contributed by atoms with van der Waals surface area (Å²) in [5, 5.41) is 10.4. The average molecular weight is 348 g/mol. The number of carbonyl (C=O) groups excluding carboxylic acids is 1. The van der Waals surface area contributed by atoms with Crippen molar-refractivity contribution in [1.29, 1.82) is 0 Å². The third-order valence-corrected chi connectivity index (χ3v) is 5.04. The summed E-state index contributed by atoms with van der Waals surface area (Å²) in [6.45, 7) is 4.34. The highest BCUT2D eigenvalue weighted by atomic mass is 32.1. The van der Waals surface area contributed by atoms with E-state index in [0.717, 1.165) is 42.3 Å². The summed E-state index contributed by atoms with van der Waals surface area (Å²) >= 11 is 1.61. The number of thiazole rings is 1. The average Bonchev–Trinajstić information content (AvgIpc) is 3.16. The van der Waals surface area contributed by atoms with Gasteiger partial charge < -0.3 is 15.1 Å².